The van der Waals surface area contributed by atoms with Gasteiger partial charge >= 0.3 is 5.97 Å². The zero-order valence-corrected chi connectivity index (χ0v) is 15.2. The van der Waals surface area contributed by atoms with Gasteiger partial charge in [-0.1, -0.05) is 0 Å². The number of hydrogen-bond donors (Lipinski definition) is 1. The van der Waals surface area contributed by atoms with Crippen LogP contribution in [0.3, 0.4) is 0 Å². The molecule has 2 atom stereocenters. The van der Waals surface area contributed by atoms with Crippen molar-refractivity contribution in [2.75, 3.05) is 25.0 Å². The normalized spacial score (nSPS) is 25.3. The van der Waals surface area contributed by atoms with E-state index >= 15 is 4.39 Å². The van der Waals surface area contributed by atoms with Crippen molar-refractivity contribution >= 4 is 22.6 Å². The summed E-state index contributed by atoms with van der Waals surface area (Å²) < 4.78 is 16.9. The number of piperazine rings is 1. The molecular weight excluding hydrogens is 349 g/mol. The zero-order chi connectivity index (χ0) is 18.9. The van der Waals surface area contributed by atoms with E-state index in [1.54, 1.807) is 6.07 Å². The van der Waals surface area contributed by atoms with Crippen LogP contribution < -0.4 is 10.3 Å². The van der Waals surface area contributed by atoms with Gasteiger partial charge in [-0.2, -0.15) is 0 Å². The van der Waals surface area contributed by atoms with Gasteiger partial charge in [0.15, 0.2) is 0 Å². The Morgan fingerprint density at radius 2 is 1.81 bits per heavy atom. The van der Waals surface area contributed by atoms with Crippen LogP contribution in [-0.4, -0.2) is 52.8 Å². The van der Waals surface area contributed by atoms with Crippen LogP contribution >= 0.6 is 0 Å². The minimum atomic E-state index is -1.27. The van der Waals surface area contributed by atoms with E-state index in [-0.39, 0.29) is 23.0 Å². The maximum absolute atomic E-state index is 15.0. The van der Waals surface area contributed by atoms with E-state index in [0.717, 1.165) is 38.8 Å². The van der Waals surface area contributed by atoms with E-state index in [2.05, 4.69) is 16.8 Å². The van der Waals surface area contributed by atoms with Crippen LogP contribution in [0.1, 0.15) is 42.1 Å². The number of hydrogen-bond acceptors (Lipinski definition) is 4. The summed E-state index contributed by atoms with van der Waals surface area (Å²) in [5.74, 6) is -1.71. The third-order valence-corrected chi connectivity index (χ3v) is 6.38. The largest absolute Gasteiger partial charge is 0.477 e. The zero-order valence-electron chi connectivity index (χ0n) is 15.2. The lowest BCUT2D eigenvalue weighted by Crippen LogP contribution is -2.61. The summed E-state index contributed by atoms with van der Waals surface area (Å²) in [5, 5.41) is 9.51. The minimum Gasteiger partial charge on any atom is -0.477 e. The van der Waals surface area contributed by atoms with Crippen LogP contribution in [0.5, 0.6) is 0 Å². The number of fused-ring (bicyclic) bond motifs is 4. The van der Waals surface area contributed by atoms with Crippen LogP contribution in [0.4, 0.5) is 10.1 Å². The van der Waals surface area contributed by atoms with E-state index < -0.39 is 17.2 Å². The summed E-state index contributed by atoms with van der Waals surface area (Å²) in [5.41, 5.74) is 0.265. The maximum atomic E-state index is 15.0. The number of rotatable bonds is 3. The molecule has 1 aromatic carbocycles. The number of halogens is 1. The Hall–Kier alpha value is -2.41. The summed E-state index contributed by atoms with van der Waals surface area (Å²) in [6.45, 7) is 1.69. The van der Waals surface area contributed by atoms with Crippen LogP contribution in [0.15, 0.2) is 23.1 Å². The molecule has 3 saturated heterocycles. The Bertz CT molecular complexity index is 1010. The van der Waals surface area contributed by atoms with Gasteiger partial charge in [0, 0.05) is 42.8 Å². The first kappa shape index (κ1) is 16.7. The molecule has 1 N–H and O–H groups in total. The van der Waals surface area contributed by atoms with E-state index in [4.69, 9.17) is 0 Å². The molecule has 6 rings (SSSR count). The fraction of sp³-hybridized carbons (Fsp3) is 0.500. The number of aromatic nitrogens is 1. The lowest BCUT2D eigenvalue weighted by atomic mass is 9.90. The Kier molecular flexibility index (Phi) is 3.59. The van der Waals surface area contributed by atoms with Crippen LogP contribution in [0, 0.1) is 5.82 Å². The number of aromatic carboxylic acids is 1. The first-order chi connectivity index (χ1) is 12.9. The summed E-state index contributed by atoms with van der Waals surface area (Å²) in [6.07, 6.45) is 5.50. The highest BCUT2D eigenvalue weighted by Crippen LogP contribution is 2.39. The minimum absolute atomic E-state index is 0.155. The Morgan fingerprint density at radius 3 is 2.41 bits per heavy atom. The number of anilines is 1. The topological polar surface area (TPSA) is 65.8 Å². The second-order valence-electron chi connectivity index (χ2n) is 8.11. The van der Waals surface area contributed by atoms with Gasteiger partial charge in [-0.05, 0) is 44.9 Å². The van der Waals surface area contributed by atoms with Gasteiger partial charge < -0.3 is 14.6 Å². The summed E-state index contributed by atoms with van der Waals surface area (Å²) in [6, 6.07) is 3.88. The van der Waals surface area contributed by atoms with Crippen LogP contribution in [0.2, 0.25) is 0 Å². The van der Waals surface area contributed by atoms with E-state index in [1.165, 1.54) is 12.3 Å². The average Bonchev–Trinajstić information content (AvgIpc) is 3.47. The maximum Gasteiger partial charge on any atom is 0.341 e. The van der Waals surface area contributed by atoms with Gasteiger partial charge in [-0.25, -0.2) is 9.18 Å². The molecule has 6 nitrogen and oxygen atoms in total. The van der Waals surface area contributed by atoms with Crippen LogP contribution in [0.25, 0.3) is 10.9 Å². The molecule has 1 aliphatic carbocycles. The van der Waals surface area contributed by atoms with Crippen molar-refractivity contribution in [1.82, 2.24) is 9.47 Å². The van der Waals surface area contributed by atoms with E-state index in [1.807, 2.05) is 4.57 Å². The molecule has 4 heterocycles. The molecule has 0 spiro atoms. The smallest absolute Gasteiger partial charge is 0.341 e. The molecule has 142 valence electrons. The molecule has 4 fully saturated rings. The van der Waals surface area contributed by atoms with Gasteiger partial charge in [-0.3, -0.25) is 9.69 Å². The highest BCUT2D eigenvalue weighted by atomic mass is 19.1. The average molecular weight is 371 g/mol. The molecule has 0 amide bonds. The number of benzene rings is 1. The number of carboxylic acid groups (broad SMARTS) is 1. The molecule has 3 aliphatic heterocycles. The SMILES string of the molecule is CN1C[C@H]2CC[C@@H]1CN2c1cc2c(cc1F)c(=O)c(C(=O)O)cn2C1CC1. The van der Waals surface area contributed by atoms with Crippen molar-refractivity contribution in [3.63, 3.8) is 0 Å². The quantitative estimate of drug-likeness (QED) is 0.898. The molecule has 27 heavy (non-hydrogen) atoms. The lowest BCUT2D eigenvalue weighted by molar-refractivity contribution is 0.0695. The molecule has 7 heteroatoms. The third-order valence-electron chi connectivity index (χ3n) is 6.38. The number of carbonyl (C=O) groups is 1. The Morgan fingerprint density at radius 1 is 1.11 bits per heavy atom. The van der Waals surface area contributed by atoms with Crippen molar-refractivity contribution < 1.29 is 14.3 Å². The van der Waals surface area contributed by atoms with Gasteiger partial charge in [0.05, 0.1) is 11.2 Å². The number of piperidine rings is 2. The predicted molar refractivity (Wildman–Crippen MR) is 100 cm³/mol. The highest BCUT2D eigenvalue weighted by molar-refractivity contribution is 5.93. The summed E-state index contributed by atoms with van der Waals surface area (Å²) >= 11 is 0. The number of nitrogens with zero attached hydrogens (tertiary/aromatic N) is 3. The third kappa shape index (κ3) is 2.56. The predicted octanol–water partition coefficient (Wildman–Crippen LogP) is 2.46. The van der Waals surface area contributed by atoms with E-state index in [9.17, 15) is 14.7 Å². The molecule has 0 radical (unpaired) electrons. The van der Waals surface area contributed by atoms with Crippen LogP contribution in [-0.2, 0) is 0 Å². The molecule has 2 aromatic rings. The molecular formula is C20H22FN3O3. The molecule has 1 saturated carbocycles. The second kappa shape index (κ2) is 5.79. The van der Waals surface area contributed by atoms with Gasteiger partial charge in [0.2, 0.25) is 5.43 Å². The van der Waals surface area contributed by atoms with Crippen molar-refractivity contribution in [2.24, 2.45) is 0 Å². The Labute approximate surface area is 155 Å². The fourth-order valence-electron chi connectivity index (χ4n) is 4.72. The second-order valence-corrected chi connectivity index (χ2v) is 8.11. The van der Waals surface area contributed by atoms with Crippen molar-refractivity contribution in [3.8, 4) is 0 Å². The van der Waals surface area contributed by atoms with E-state index in [0.29, 0.717) is 17.2 Å². The molecule has 1 aromatic heterocycles. The molecule has 2 bridgehead atoms. The van der Waals surface area contributed by atoms with Crippen molar-refractivity contribution in [1.29, 1.82) is 0 Å². The summed E-state index contributed by atoms with van der Waals surface area (Å²) in [7, 11) is 2.11. The van der Waals surface area contributed by atoms with Gasteiger partial charge in [-0.15, -0.1) is 0 Å². The first-order valence-corrected chi connectivity index (χ1v) is 9.52. The number of likely N-dealkylation sites (N-methyl/N-ethyl adjacent to an activating group) is 1. The lowest BCUT2D eigenvalue weighted by Gasteiger charge is -2.51. The summed E-state index contributed by atoms with van der Waals surface area (Å²) in [4.78, 5) is 28.5. The van der Waals surface area contributed by atoms with Crippen molar-refractivity contribution in [3.05, 3.63) is 39.9 Å². The number of pyridine rings is 1. The van der Waals surface area contributed by atoms with Gasteiger partial charge in [0.1, 0.15) is 11.4 Å². The first-order valence-electron chi connectivity index (χ1n) is 9.52. The monoisotopic (exact) mass is 371 g/mol. The number of carboxylic acids is 1. The van der Waals surface area contributed by atoms with Crippen molar-refractivity contribution in [2.45, 2.75) is 43.8 Å². The molecule has 4 aliphatic rings. The molecule has 0 unspecified atom stereocenters. The highest BCUT2D eigenvalue weighted by Gasteiger charge is 2.38. The standard InChI is InChI=1S/C20H22FN3O3/c1-22-8-13-5-4-12(22)9-23(13)18-7-17-14(6-16(18)21)19(25)15(20(26)27)10-24(17)11-2-3-11/h6-7,10-13H,2-5,8-9H2,1H3,(H,26,27)/t12-,13-/m1/s1. The Balaban J connectivity index is 1.69. The van der Waals surface area contributed by atoms with Gasteiger partial charge in [0.25, 0.3) is 0 Å². The fourth-order valence-corrected chi connectivity index (χ4v) is 4.72.